The van der Waals surface area contributed by atoms with Gasteiger partial charge in [-0.05, 0) is 101 Å². The number of nitrogens with zero attached hydrogens (tertiary/aromatic N) is 1. The number of carbonyl (C=O) groups is 2. The van der Waals surface area contributed by atoms with Crippen LogP contribution in [-0.2, 0) is 11.4 Å². The van der Waals surface area contributed by atoms with Crippen LogP contribution in [0.2, 0.25) is 0 Å². The minimum absolute atomic E-state index is 0.126. The number of ether oxygens (including phenoxy) is 1. The van der Waals surface area contributed by atoms with Gasteiger partial charge in [-0.1, -0.05) is 48.2 Å². The second-order valence-electron chi connectivity index (χ2n) is 7.77. The standard InChI is InChI=1S/C26H20INO4S2/c1-15-3-9-20(11-16(15)2)28-24(29)23(34-26(28)33)13-18-6-10-22(21(27)12-18)32-14-17-4-7-19(8-5-17)25(30)31/h3-13H,14H2,1-2H3,(H,30,31). The average Bonchev–Trinajstić information content (AvgIpc) is 3.08. The summed E-state index contributed by atoms with van der Waals surface area (Å²) >= 11 is 8.99. The predicted octanol–water partition coefficient (Wildman–Crippen LogP) is 6.59. The molecule has 1 N–H and O–H groups in total. The van der Waals surface area contributed by atoms with Crippen molar-refractivity contribution >= 4 is 74.5 Å². The summed E-state index contributed by atoms with van der Waals surface area (Å²) in [5.41, 5.74) is 5.05. The van der Waals surface area contributed by atoms with Crippen molar-refractivity contribution in [2.75, 3.05) is 4.90 Å². The van der Waals surface area contributed by atoms with Crippen molar-refractivity contribution in [1.29, 1.82) is 0 Å². The van der Waals surface area contributed by atoms with Gasteiger partial charge in [0, 0.05) is 0 Å². The fraction of sp³-hybridized carbons (Fsp3) is 0.115. The van der Waals surface area contributed by atoms with E-state index in [4.69, 9.17) is 22.1 Å². The van der Waals surface area contributed by atoms with Crippen LogP contribution in [0.1, 0.15) is 32.6 Å². The number of benzene rings is 3. The maximum Gasteiger partial charge on any atom is 0.335 e. The van der Waals surface area contributed by atoms with Crippen LogP contribution in [0.25, 0.3) is 6.08 Å². The molecule has 0 bridgehead atoms. The van der Waals surface area contributed by atoms with Crippen molar-refractivity contribution < 1.29 is 19.4 Å². The summed E-state index contributed by atoms with van der Waals surface area (Å²) in [6, 6.07) is 18.2. The van der Waals surface area contributed by atoms with E-state index < -0.39 is 5.97 Å². The molecule has 0 unspecified atom stereocenters. The lowest BCUT2D eigenvalue weighted by molar-refractivity contribution is -0.113. The quantitative estimate of drug-likeness (QED) is 0.195. The average molecular weight is 601 g/mol. The maximum atomic E-state index is 13.1. The highest BCUT2D eigenvalue weighted by Crippen LogP contribution is 2.37. The number of carboxylic acids is 1. The SMILES string of the molecule is Cc1ccc(N2C(=O)C(=Cc3ccc(OCc4ccc(C(=O)O)cc4)c(I)c3)SC2=S)cc1C. The number of rotatable bonds is 6. The van der Waals surface area contributed by atoms with Crippen molar-refractivity contribution in [2.45, 2.75) is 20.5 Å². The Bertz CT molecular complexity index is 1340. The largest absolute Gasteiger partial charge is 0.488 e. The molecule has 1 aliphatic rings. The van der Waals surface area contributed by atoms with Crippen LogP contribution >= 0.6 is 46.6 Å². The molecule has 0 spiro atoms. The van der Waals surface area contributed by atoms with Gasteiger partial charge in [0.2, 0.25) is 0 Å². The summed E-state index contributed by atoms with van der Waals surface area (Å²) in [5.74, 6) is -0.371. The van der Waals surface area contributed by atoms with Crippen molar-refractivity contribution in [3.63, 3.8) is 0 Å². The first-order valence-electron chi connectivity index (χ1n) is 10.3. The minimum atomic E-state index is -0.955. The molecule has 0 aliphatic carbocycles. The normalized spacial score (nSPS) is 14.7. The van der Waals surface area contributed by atoms with E-state index in [2.05, 4.69) is 22.6 Å². The van der Waals surface area contributed by atoms with Crippen LogP contribution in [0.15, 0.2) is 65.6 Å². The molecule has 0 radical (unpaired) electrons. The highest BCUT2D eigenvalue weighted by Gasteiger charge is 2.33. The van der Waals surface area contributed by atoms with Gasteiger partial charge in [-0.15, -0.1) is 0 Å². The van der Waals surface area contributed by atoms with Gasteiger partial charge in [0.25, 0.3) is 5.91 Å². The summed E-state index contributed by atoms with van der Waals surface area (Å²) in [5, 5.41) is 9.00. The number of anilines is 1. The van der Waals surface area contributed by atoms with E-state index in [1.54, 1.807) is 29.2 Å². The molecule has 1 heterocycles. The lowest BCUT2D eigenvalue weighted by Crippen LogP contribution is -2.27. The Labute approximate surface area is 221 Å². The number of aryl methyl sites for hydroxylation is 2. The van der Waals surface area contributed by atoms with Gasteiger partial charge in [-0.25, -0.2) is 4.79 Å². The Balaban J connectivity index is 1.47. The Hall–Kier alpha value is -2.69. The fourth-order valence-electron chi connectivity index (χ4n) is 3.33. The molecule has 1 aliphatic heterocycles. The zero-order chi connectivity index (χ0) is 24.4. The molecular formula is C26H20INO4S2. The van der Waals surface area contributed by atoms with E-state index in [9.17, 15) is 9.59 Å². The topological polar surface area (TPSA) is 66.8 Å². The number of thioether (sulfide) groups is 1. The third-order valence-electron chi connectivity index (χ3n) is 5.39. The molecule has 8 heteroatoms. The van der Waals surface area contributed by atoms with E-state index in [0.29, 0.717) is 21.6 Å². The lowest BCUT2D eigenvalue weighted by Gasteiger charge is -2.16. The van der Waals surface area contributed by atoms with Crippen LogP contribution in [0, 0.1) is 17.4 Å². The van der Waals surface area contributed by atoms with Gasteiger partial charge in [0.05, 0.1) is 19.7 Å². The van der Waals surface area contributed by atoms with E-state index in [-0.39, 0.29) is 11.5 Å². The Morgan fingerprint density at radius 1 is 1.09 bits per heavy atom. The Morgan fingerprint density at radius 3 is 2.47 bits per heavy atom. The first kappa shape index (κ1) is 24.4. The summed E-state index contributed by atoms with van der Waals surface area (Å²) in [6.07, 6.45) is 1.84. The Kier molecular flexibility index (Phi) is 7.39. The van der Waals surface area contributed by atoms with E-state index >= 15 is 0 Å². The summed E-state index contributed by atoms with van der Waals surface area (Å²) in [4.78, 5) is 26.2. The lowest BCUT2D eigenvalue weighted by atomic mass is 10.1. The van der Waals surface area contributed by atoms with Crippen LogP contribution in [0.5, 0.6) is 5.75 Å². The molecule has 3 aromatic carbocycles. The molecule has 172 valence electrons. The monoisotopic (exact) mass is 601 g/mol. The van der Waals surface area contributed by atoms with Crippen molar-refractivity contribution in [3.05, 3.63) is 97.0 Å². The number of carbonyl (C=O) groups excluding carboxylic acids is 1. The molecule has 1 saturated heterocycles. The first-order valence-corrected chi connectivity index (χ1v) is 12.6. The number of amides is 1. The molecule has 0 atom stereocenters. The van der Waals surface area contributed by atoms with Gasteiger partial charge in [0.1, 0.15) is 12.4 Å². The number of hydrogen-bond donors (Lipinski definition) is 1. The predicted molar refractivity (Wildman–Crippen MR) is 148 cm³/mol. The van der Waals surface area contributed by atoms with E-state index in [0.717, 1.165) is 25.9 Å². The van der Waals surface area contributed by atoms with Gasteiger partial charge in [-0.3, -0.25) is 9.69 Å². The molecule has 0 saturated carbocycles. The molecule has 4 rings (SSSR count). The summed E-state index contributed by atoms with van der Waals surface area (Å²) < 4.78 is 7.32. The number of thiocarbonyl (C=S) groups is 1. The zero-order valence-corrected chi connectivity index (χ0v) is 22.2. The minimum Gasteiger partial charge on any atom is -0.488 e. The molecule has 0 aromatic heterocycles. The summed E-state index contributed by atoms with van der Waals surface area (Å²) in [7, 11) is 0. The molecule has 5 nitrogen and oxygen atoms in total. The van der Waals surface area contributed by atoms with E-state index in [1.165, 1.54) is 17.3 Å². The highest BCUT2D eigenvalue weighted by molar-refractivity contribution is 14.1. The van der Waals surface area contributed by atoms with Crippen molar-refractivity contribution in [3.8, 4) is 5.75 Å². The van der Waals surface area contributed by atoms with Gasteiger partial charge >= 0.3 is 5.97 Å². The maximum absolute atomic E-state index is 13.1. The third kappa shape index (κ3) is 5.34. The molecule has 34 heavy (non-hydrogen) atoms. The number of carboxylic acid groups (broad SMARTS) is 1. The Morgan fingerprint density at radius 2 is 1.82 bits per heavy atom. The van der Waals surface area contributed by atoms with Gasteiger partial charge < -0.3 is 9.84 Å². The fourth-order valence-corrected chi connectivity index (χ4v) is 5.33. The molecule has 3 aromatic rings. The van der Waals surface area contributed by atoms with Crippen LogP contribution in [0.4, 0.5) is 5.69 Å². The molecule has 1 fully saturated rings. The van der Waals surface area contributed by atoms with Gasteiger partial charge in [-0.2, -0.15) is 0 Å². The summed E-state index contributed by atoms with van der Waals surface area (Å²) in [6.45, 7) is 4.38. The number of aromatic carboxylic acids is 1. The van der Waals surface area contributed by atoms with Gasteiger partial charge in [0.15, 0.2) is 4.32 Å². The highest BCUT2D eigenvalue weighted by atomic mass is 127. The molecule has 1 amide bonds. The number of halogens is 1. The second kappa shape index (κ2) is 10.3. The smallest absolute Gasteiger partial charge is 0.335 e. The zero-order valence-electron chi connectivity index (χ0n) is 18.4. The second-order valence-corrected chi connectivity index (χ2v) is 10.6. The van der Waals surface area contributed by atoms with Crippen LogP contribution in [0.3, 0.4) is 0 Å². The van der Waals surface area contributed by atoms with Crippen LogP contribution in [-0.4, -0.2) is 21.3 Å². The van der Waals surface area contributed by atoms with Crippen molar-refractivity contribution in [1.82, 2.24) is 0 Å². The third-order valence-corrected chi connectivity index (χ3v) is 7.54. The van der Waals surface area contributed by atoms with Crippen molar-refractivity contribution in [2.24, 2.45) is 0 Å². The van der Waals surface area contributed by atoms with E-state index in [1.807, 2.05) is 56.3 Å². The molecular weight excluding hydrogens is 581 g/mol. The first-order chi connectivity index (χ1) is 16.2. The number of hydrogen-bond acceptors (Lipinski definition) is 5. The van der Waals surface area contributed by atoms with Crippen LogP contribution < -0.4 is 9.64 Å².